The van der Waals surface area contributed by atoms with Gasteiger partial charge in [-0.05, 0) is 56.2 Å². The Morgan fingerprint density at radius 2 is 2.00 bits per heavy atom. The molecule has 2 heterocycles. The van der Waals surface area contributed by atoms with Gasteiger partial charge in [-0.3, -0.25) is 4.79 Å². The number of hydrogen-bond acceptors (Lipinski definition) is 4. The molecule has 0 spiro atoms. The number of carbonyl (C=O) groups excluding carboxylic acids is 1. The second kappa shape index (κ2) is 7.99. The Labute approximate surface area is 143 Å². The Balaban J connectivity index is 1.44. The summed E-state index contributed by atoms with van der Waals surface area (Å²) in [6.07, 6.45) is 3.77. The number of ether oxygens (including phenoxy) is 2. The van der Waals surface area contributed by atoms with Crippen molar-refractivity contribution in [2.24, 2.45) is 0 Å². The van der Waals surface area contributed by atoms with Crippen LogP contribution in [0.25, 0.3) is 0 Å². The van der Waals surface area contributed by atoms with E-state index in [2.05, 4.69) is 0 Å². The number of hydrogen-bond donors (Lipinski definition) is 1. The van der Waals surface area contributed by atoms with Gasteiger partial charge in [0.15, 0.2) is 0 Å². The lowest BCUT2D eigenvalue weighted by Gasteiger charge is -2.34. The molecule has 3 rings (SSSR count). The van der Waals surface area contributed by atoms with Gasteiger partial charge in [0.25, 0.3) is 5.91 Å². The molecule has 5 heteroatoms. The fourth-order valence-corrected chi connectivity index (χ4v) is 3.54. The van der Waals surface area contributed by atoms with Gasteiger partial charge in [-0.2, -0.15) is 0 Å². The van der Waals surface area contributed by atoms with E-state index in [1.807, 2.05) is 24.0 Å². The maximum absolute atomic E-state index is 12.5. The number of phenols is 1. The molecule has 0 radical (unpaired) electrons. The van der Waals surface area contributed by atoms with E-state index in [4.69, 9.17) is 9.47 Å². The van der Waals surface area contributed by atoms with Crippen LogP contribution in [0, 0.1) is 0 Å². The van der Waals surface area contributed by atoms with Crippen molar-refractivity contribution in [1.29, 1.82) is 0 Å². The van der Waals surface area contributed by atoms with E-state index in [-0.39, 0.29) is 12.0 Å². The number of carbonyl (C=O) groups is 1. The van der Waals surface area contributed by atoms with Crippen LogP contribution in [-0.4, -0.2) is 54.4 Å². The molecular formula is C19H27NO4. The zero-order valence-electron chi connectivity index (χ0n) is 14.3. The molecule has 132 valence electrons. The van der Waals surface area contributed by atoms with Crippen LogP contribution in [0.4, 0.5) is 0 Å². The van der Waals surface area contributed by atoms with Crippen molar-refractivity contribution < 1.29 is 19.4 Å². The number of aromatic hydroxyl groups is 1. The first-order chi connectivity index (χ1) is 11.6. The molecule has 2 fully saturated rings. The fourth-order valence-electron chi connectivity index (χ4n) is 3.54. The Morgan fingerprint density at radius 1 is 1.29 bits per heavy atom. The number of likely N-dealkylation sites (tertiary alicyclic amines) is 1. The maximum Gasteiger partial charge on any atom is 0.251 e. The number of nitrogens with zero attached hydrogens (tertiary/aromatic N) is 1. The Bertz CT molecular complexity index is 531. The Hall–Kier alpha value is -1.59. The molecule has 24 heavy (non-hydrogen) atoms. The van der Waals surface area contributed by atoms with Crippen LogP contribution in [0.3, 0.4) is 0 Å². The Kier molecular flexibility index (Phi) is 5.74. The first-order valence-electron chi connectivity index (χ1n) is 8.94. The van der Waals surface area contributed by atoms with Gasteiger partial charge in [-0.25, -0.2) is 0 Å². The molecule has 0 aromatic heterocycles. The SMILES string of the molecule is C[C@@H](OC[C@@H]1CCCO1)C(=O)N1CCC(c2ccc(O)cc2)CC1. The van der Waals surface area contributed by atoms with Crippen molar-refractivity contribution in [2.75, 3.05) is 26.3 Å². The lowest BCUT2D eigenvalue weighted by molar-refractivity contribution is -0.145. The normalized spacial score (nSPS) is 23.4. The molecule has 0 unspecified atom stereocenters. The summed E-state index contributed by atoms with van der Waals surface area (Å²) in [5, 5.41) is 9.38. The largest absolute Gasteiger partial charge is 0.508 e. The topological polar surface area (TPSA) is 59.0 Å². The molecule has 2 saturated heterocycles. The molecule has 1 aromatic carbocycles. The highest BCUT2D eigenvalue weighted by atomic mass is 16.5. The smallest absolute Gasteiger partial charge is 0.251 e. The second-order valence-electron chi connectivity index (χ2n) is 6.80. The molecule has 1 N–H and O–H groups in total. The summed E-state index contributed by atoms with van der Waals surface area (Å²) in [5.74, 6) is 0.832. The van der Waals surface area contributed by atoms with E-state index >= 15 is 0 Å². The van der Waals surface area contributed by atoms with Crippen LogP contribution < -0.4 is 0 Å². The highest BCUT2D eigenvalue weighted by Crippen LogP contribution is 2.29. The summed E-state index contributed by atoms with van der Waals surface area (Å²) >= 11 is 0. The quantitative estimate of drug-likeness (QED) is 0.900. The van der Waals surface area contributed by atoms with E-state index in [1.54, 1.807) is 12.1 Å². The number of rotatable bonds is 5. The van der Waals surface area contributed by atoms with Crippen molar-refractivity contribution >= 4 is 5.91 Å². The van der Waals surface area contributed by atoms with Crippen molar-refractivity contribution in [3.8, 4) is 5.75 Å². The minimum Gasteiger partial charge on any atom is -0.508 e. The van der Waals surface area contributed by atoms with Gasteiger partial charge >= 0.3 is 0 Å². The number of phenolic OH excluding ortho intramolecular Hbond substituents is 1. The average molecular weight is 333 g/mol. The van der Waals surface area contributed by atoms with Gasteiger partial charge in [0, 0.05) is 19.7 Å². The van der Waals surface area contributed by atoms with E-state index in [1.165, 1.54) is 5.56 Å². The van der Waals surface area contributed by atoms with E-state index in [9.17, 15) is 9.90 Å². The number of piperidine rings is 1. The third-order valence-corrected chi connectivity index (χ3v) is 5.07. The van der Waals surface area contributed by atoms with Crippen molar-refractivity contribution in [2.45, 2.75) is 50.7 Å². The molecule has 5 nitrogen and oxygen atoms in total. The third-order valence-electron chi connectivity index (χ3n) is 5.07. The highest BCUT2D eigenvalue weighted by molar-refractivity contribution is 5.80. The fraction of sp³-hybridized carbons (Fsp3) is 0.632. The van der Waals surface area contributed by atoms with Crippen LogP contribution >= 0.6 is 0 Å². The molecular weight excluding hydrogens is 306 g/mol. The lowest BCUT2D eigenvalue weighted by atomic mass is 9.89. The predicted octanol–water partition coefficient (Wildman–Crippen LogP) is 2.68. The highest BCUT2D eigenvalue weighted by Gasteiger charge is 2.28. The monoisotopic (exact) mass is 333 g/mol. The molecule has 2 aliphatic rings. The van der Waals surface area contributed by atoms with E-state index in [0.717, 1.165) is 45.4 Å². The summed E-state index contributed by atoms with van der Waals surface area (Å²) in [4.78, 5) is 14.4. The average Bonchev–Trinajstić information content (AvgIpc) is 3.13. The zero-order chi connectivity index (χ0) is 16.9. The van der Waals surface area contributed by atoms with Crippen LogP contribution in [0.2, 0.25) is 0 Å². The van der Waals surface area contributed by atoms with Gasteiger partial charge in [0.1, 0.15) is 11.9 Å². The van der Waals surface area contributed by atoms with Gasteiger partial charge in [0.2, 0.25) is 0 Å². The van der Waals surface area contributed by atoms with Crippen LogP contribution in [0.5, 0.6) is 5.75 Å². The summed E-state index contributed by atoms with van der Waals surface area (Å²) in [6, 6.07) is 7.41. The summed E-state index contributed by atoms with van der Waals surface area (Å²) in [5.41, 5.74) is 1.24. The first kappa shape index (κ1) is 17.2. The summed E-state index contributed by atoms with van der Waals surface area (Å²) in [7, 11) is 0. The molecule has 0 saturated carbocycles. The van der Waals surface area contributed by atoms with Crippen molar-refractivity contribution in [1.82, 2.24) is 4.90 Å². The molecule has 0 bridgehead atoms. The minimum absolute atomic E-state index is 0.0807. The van der Waals surface area contributed by atoms with Gasteiger partial charge in [-0.1, -0.05) is 12.1 Å². The van der Waals surface area contributed by atoms with Gasteiger partial charge in [0.05, 0.1) is 12.7 Å². The second-order valence-corrected chi connectivity index (χ2v) is 6.80. The number of amides is 1. The summed E-state index contributed by atoms with van der Waals surface area (Å²) in [6.45, 7) is 4.68. The third kappa shape index (κ3) is 4.28. The van der Waals surface area contributed by atoms with E-state index in [0.29, 0.717) is 18.3 Å². The Morgan fingerprint density at radius 3 is 2.62 bits per heavy atom. The summed E-state index contributed by atoms with van der Waals surface area (Å²) < 4.78 is 11.3. The number of benzene rings is 1. The molecule has 2 atom stereocenters. The van der Waals surface area contributed by atoms with Crippen molar-refractivity contribution in [3.05, 3.63) is 29.8 Å². The molecule has 0 aliphatic carbocycles. The minimum atomic E-state index is -0.403. The van der Waals surface area contributed by atoms with Gasteiger partial charge < -0.3 is 19.5 Å². The molecule has 1 amide bonds. The molecule has 1 aromatic rings. The van der Waals surface area contributed by atoms with Crippen LogP contribution in [0.15, 0.2) is 24.3 Å². The first-order valence-corrected chi connectivity index (χ1v) is 8.94. The van der Waals surface area contributed by atoms with E-state index < -0.39 is 6.10 Å². The van der Waals surface area contributed by atoms with Crippen molar-refractivity contribution in [3.63, 3.8) is 0 Å². The molecule has 2 aliphatic heterocycles. The van der Waals surface area contributed by atoms with Crippen LogP contribution in [-0.2, 0) is 14.3 Å². The lowest BCUT2D eigenvalue weighted by Crippen LogP contribution is -2.44. The maximum atomic E-state index is 12.5. The predicted molar refractivity (Wildman–Crippen MR) is 91.0 cm³/mol. The van der Waals surface area contributed by atoms with Crippen LogP contribution in [0.1, 0.15) is 44.1 Å². The zero-order valence-corrected chi connectivity index (χ0v) is 14.3. The standard InChI is InChI=1S/C19H27NO4/c1-14(24-13-18-3-2-12-23-18)19(22)20-10-8-16(9-11-20)15-4-6-17(21)7-5-15/h4-7,14,16,18,21H,2-3,8-13H2,1H3/t14-,18+/m1/s1. The van der Waals surface area contributed by atoms with Gasteiger partial charge in [-0.15, -0.1) is 0 Å².